The lowest BCUT2D eigenvalue weighted by Crippen LogP contribution is -2.43. The van der Waals surface area contributed by atoms with Crippen LogP contribution in [-0.2, 0) is 0 Å². The molecule has 4 heteroatoms. The second-order valence-electron chi connectivity index (χ2n) is 5.26. The Morgan fingerprint density at radius 1 is 1.37 bits per heavy atom. The molecule has 1 aromatic heterocycles. The average molecular weight is 275 g/mol. The first-order chi connectivity index (χ1) is 9.13. The van der Waals surface area contributed by atoms with Crippen LogP contribution in [0, 0.1) is 5.92 Å². The second-order valence-corrected chi connectivity index (χ2v) is 5.64. The molecule has 0 spiro atoms. The number of rotatable bonds is 2. The maximum Gasteiger partial charge on any atom is 0.252 e. The summed E-state index contributed by atoms with van der Waals surface area (Å²) >= 11 is 5.98. The summed E-state index contributed by atoms with van der Waals surface area (Å²) in [6.07, 6.45) is 2.12. The molecule has 19 heavy (non-hydrogen) atoms. The van der Waals surface area contributed by atoms with Gasteiger partial charge in [-0.15, -0.1) is 0 Å². The van der Waals surface area contributed by atoms with Crippen LogP contribution in [0.25, 0.3) is 10.9 Å². The van der Waals surface area contributed by atoms with E-state index in [1.165, 1.54) is 0 Å². The van der Waals surface area contributed by atoms with Gasteiger partial charge in [-0.05, 0) is 30.9 Å². The van der Waals surface area contributed by atoms with Gasteiger partial charge in [-0.1, -0.05) is 36.7 Å². The standard InChI is InChI=1S/C15H15ClN2O/c1-9-6-10(7-9)17-15(19)12-8-14(16)18-13-5-3-2-4-11(12)13/h2-5,8-10H,6-7H2,1H3,(H,17,19). The summed E-state index contributed by atoms with van der Waals surface area (Å²) < 4.78 is 0. The molecule has 0 bridgehead atoms. The van der Waals surface area contributed by atoms with Crippen molar-refractivity contribution in [3.63, 3.8) is 0 Å². The first kappa shape index (κ1) is 12.4. The molecule has 0 atom stereocenters. The Morgan fingerprint density at radius 2 is 2.11 bits per heavy atom. The molecule has 1 saturated carbocycles. The number of hydrogen-bond acceptors (Lipinski definition) is 2. The topological polar surface area (TPSA) is 42.0 Å². The van der Waals surface area contributed by atoms with Crippen molar-refractivity contribution in [2.24, 2.45) is 5.92 Å². The van der Waals surface area contributed by atoms with Crippen LogP contribution in [0.1, 0.15) is 30.1 Å². The minimum Gasteiger partial charge on any atom is -0.349 e. The van der Waals surface area contributed by atoms with Crippen LogP contribution in [0.2, 0.25) is 5.15 Å². The Kier molecular flexibility index (Phi) is 3.15. The van der Waals surface area contributed by atoms with Crippen molar-refractivity contribution >= 4 is 28.4 Å². The van der Waals surface area contributed by atoms with E-state index in [0.717, 1.165) is 23.7 Å². The second kappa shape index (κ2) is 4.82. The van der Waals surface area contributed by atoms with Gasteiger partial charge >= 0.3 is 0 Å². The first-order valence-corrected chi connectivity index (χ1v) is 6.87. The number of carbonyl (C=O) groups excluding carboxylic acids is 1. The predicted molar refractivity (Wildman–Crippen MR) is 76.4 cm³/mol. The molecule has 1 N–H and O–H groups in total. The lowest BCUT2D eigenvalue weighted by atomic mass is 9.82. The fourth-order valence-electron chi connectivity index (χ4n) is 2.61. The lowest BCUT2D eigenvalue weighted by Gasteiger charge is -2.33. The Bertz CT molecular complexity index is 635. The zero-order valence-electron chi connectivity index (χ0n) is 10.7. The minimum absolute atomic E-state index is 0.0580. The number of nitrogens with one attached hydrogen (secondary N) is 1. The maximum atomic E-state index is 12.3. The van der Waals surface area contributed by atoms with Crippen molar-refractivity contribution in [1.82, 2.24) is 10.3 Å². The molecule has 1 aliphatic rings. The van der Waals surface area contributed by atoms with Crippen LogP contribution in [0.5, 0.6) is 0 Å². The highest BCUT2D eigenvalue weighted by atomic mass is 35.5. The summed E-state index contributed by atoms with van der Waals surface area (Å²) in [5.74, 6) is 0.653. The van der Waals surface area contributed by atoms with Gasteiger partial charge in [0.25, 0.3) is 5.91 Å². The van der Waals surface area contributed by atoms with E-state index >= 15 is 0 Å². The van der Waals surface area contributed by atoms with Gasteiger partial charge in [0.15, 0.2) is 0 Å². The molecular weight excluding hydrogens is 260 g/mol. The molecule has 98 valence electrons. The molecule has 0 unspecified atom stereocenters. The maximum absolute atomic E-state index is 12.3. The molecule has 3 nitrogen and oxygen atoms in total. The summed E-state index contributed by atoms with van der Waals surface area (Å²) in [7, 11) is 0. The highest BCUT2D eigenvalue weighted by Gasteiger charge is 2.27. The van der Waals surface area contributed by atoms with Crippen LogP contribution >= 0.6 is 11.6 Å². The average Bonchev–Trinajstić information content (AvgIpc) is 2.35. The lowest BCUT2D eigenvalue weighted by molar-refractivity contribution is 0.0897. The van der Waals surface area contributed by atoms with Crippen molar-refractivity contribution in [3.05, 3.63) is 41.0 Å². The third-order valence-corrected chi connectivity index (χ3v) is 3.83. The summed E-state index contributed by atoms with van der Waals surface area (Å²) in [6.45, 7) is 2.20. The van der Waals surface area contributed by atoms with Crippen molar-refractivity contribution in [3.8, 4) is 0 Å². The molecule has 2 aromatic rings. The van der Waals surface area contributed by atoms with E-state index in [0.29, 0.717) is 22.7 Å². The summed E-state index contributed by atoms with van der Waals surface area (Å²) in [4.78, 5) is 16.6. The summed E-state index contributed by atoms with van der Waals surface area (Å²) in [6, 6.07) is 9.50. The molecule has 1 aliphatic carbocycles. The summed E-state index contributed by atoms with van der Waals surface area (Å²) in [5.41, 5.74) is 1.36. The van der Waals surface area contributed by atoms with E-state index in [1.807, 2.05) is 24.3 Å². The van der Waals surface area contributed by atoms with Crippen LogP contribution in [0.15, 0.2) is 30.3 Å². The minimum atomic E-state index is -0.0580. The van der Waals surface area contributed by atoms with Gasteiger partial charge in [0, 0.05) is 11.4 Å². The number of aromatic nitrogens is 1. The van der Waals surface area contributed by atoms with Gasteiger partial charge in [0.05, 0.1) is 11.1 Å². The van der Waals surface area contributed by atoms with Crippen LogP contribution in [0.3, 0.4) is 0 Å². The zero-order valence-corrected chi connectivity index (χ0v) is 11.4. The molecular formula is C15H15ClN2O. The highest BCUT2D eigenvalue weighted by molar-refractivity contribution is 6.30. The number of para-hydroxylation sites is 1. The molecule has 0 saturated heterocycles. The van der Waals surface area contributed by atoms with E-state index in [2.05, 4.69) is 17.2 Å². The fourth-order valence-corrected chi connectivity index (χ4v) is 2.81. The molecule has 1 heterocycles. The third-order valence-electron chi connectivity index (χ3n) is 3.64. The smallest absolute Gasteiger partial charge is 0.252 e. The van der Waals surface area contributed by atoms with Gasteiger partial charge in [0.2, 0.25) is 0 Å². The molecule has 1 fully saturated rings. The Morgan fingerprint density at radius 3 is 2.84 bits per heavy atom. The largest absolute Gasteiger partial charge is 0.349 e. The SMILES string of the molecule is CC1CC(NC(=O)c2cc(Cl)nc3ccccc23)C1. The van der Waals surface area contributed by atoms with Crippen molar-refractivity contribution in [2.45, 2.75) is 25.8 Å². The monoisotopic (exact) mass is 274 g/mol. The van der Waals surface area contributed by atoms with Gasteiger partial charge in [-0.25, -0.2) is 4.98 Å². The van der Waals surface area contributed by atoms with Gasteiger partial charge in [-0.2, -0.15) is 0 Å². The zero-order chi connectivity index (χ0) is 13.4. The van der Waals surface area contributed by atoms with Crippen molar-refractivity contribution in [2.75, 3.05) is 0 Å². The molecule has 1 aromatic carbocycles. The van der Waals surface area contributed by atoms with Crippen molar-refractivity contribution < 1.29 is 4.79 Å². The number of halogens is 1. The Hall–Kier alpha value is -1.61. The Balaban J connectivity index is 1.92. The van der Waals surface area contributed by atoms with Crippen LogP contribution < -0.4 is 5.32 Å². The van der Waals surface area contributed by atoms with Gasteiger partial charge in [0.1, 0.15) is 5.15 Å². The number of pyridine rings is 1. The molecule has 0 radical (unpaired) electrons. The van der Waals surface area contributed by atoms with E-state index in [9.17, 15) is 4.79 Å². The van der Waals surface area contributed by atoms with Gasteiger partial charge < -0.3 is 5.32 Å². The van der Waals surface area contributed by atoms with E-state index in [1.54, 1.807) is 6.07 Å². The van der Waals surface area contributed by atoms with E-state index in [4.69, 9.17) is 11.6 Å². The van der Waals surface area contributed by atoms with Crippen molar-refractivity contribution in [1.29, 1.82) is 0 Å². The quantitative estimate of drug-likeness (QED) is 0.853. The van der Waals surface area contributed by atoms with E-state index < -0.39 is 0 Å². The molecule has 1 amide bonds. The molecule has 3 rings (SSSR count). The number of carbonyl (C=O) groups is 1. The number of nitrogens with zero attached hydrogens (tertiary/aromatic N) is 1. The number of fused-ring (bicyclic) bond motifs is 1. The fraction of sp³-hybridized carbons (Fsp3) is 0.333. The first-order valence-electron chi connectivity index (χ1n) is 6.49. The van der Waals surface area contributed by atoms with Gasteiger partial charge in [-0.3, -0.25) is 4.79 Å². The Labute approximate surface area is 117 Å². The normalized spacial score (nSPS) is 22.0. The van der Waals surface area contributed by atoms with Crippen LogP contribution in [-0.4, -0.2) is 16.9 Å². The highest BCUT2D eigenvalue weighted by Crippen LogP contribution is 2.27. The number of hydrogen-bond donors (Lipinski definition) is 1. The van der Waals surface area contributed by atoms with Crippen LogP contribution in [0.4, 0.5) is 0 Å². The number of amides is 1. The molecule has 0 aliphatic heterocycles. The third kappa shape index (κ3) is 2.43. The number of benzene rings is 1. The summed E-state index contributed by atoms with van der Waals surface area (Å²) in [5, 5.41) is 4.25. The predicted octanol–water partition coefficient (Wildman–Crippen LogP) is 3.42. The van der Waals surface area contributed by atoms with E-state index in [-0.39, 0.29) is 5.91 Å².